The molecule has 1 atom stereocenters. The molecule has 0 spiro atoms. The van der Waals surface area contributed by atoms with Crippen molar-refractivity contribution >= 4 is 22.4 Å². The number of aromatic nitrogens is 1. The number of halogens is 1. The lowest BCUT2D eigenvalue weighted by Crippen LogP contribution is -2.42. The molecular weight excluding hydrogens is 300 g/mol. The van der Waals surface area contributed by atoms with Crippen LogP contribution in [-0.4, -0.2) is 37.3 Å². The molecule has 1 fully saturated rings. The first-order chi connectivity index (χ1) is 9.09. The van der Waals surface area contributed by atoms with Crippen molar-refractivity contribution in [1.29, 1.82) is 5.26 Å². The maximum Gasteiger partial charge on any atom is 0.261 e. The van der Waals surface area contributed by atoms with Crippen LogP contribution < -0.4 is 5.73 Å². The summed E-state index contributed by atoms with van der Waals surface area (Å²) < 4.78 is 26.4. The smallest absolute Gasteiger partial charge is 0.261 e. The van der Waals surface area contributed by atoms with Crippen molar-refractivity contribution < 1.29 is 8.42 Å². The number of rotatable bonds is 3. The lowest BCUT2D eigenvalue weighted by molar-refractivity contribution is 0.271. The average molecular weight is 317 g/mol. The van der Waals surface area contributed by atoms with Crippen LogP contribution in [0.2, 0.25) is 0 Å². The first-order valence-corrected chi connectivity index (χ1v) is 7.59. The molecule has 1 aromatic rings. The Hall–Kier alpha value is -1.20. The van der Waals surface area contributed by atoms with Gasteiger partial charge in [0.2, 0.25) is 0 Å². The molecular formula is C12H17ClN4O2S. The van der Waals surface area contributed by atoms with Crippen LogP contribution in [0.5, 0.6) is 0 Å². The molecule has 1 aliphatic rings. The van der Waals surface area contributed by atoms with Gasteiger partial charge in [-0.3, -0.25) is 0 Å². The van der Waals surface area contributed by atoms with Crippen molar-refractivity contribution in [2.24, 2.45) is 11.7 Å². The molecule has 2 N–H and O–H groups in total. The summed E-state index contributed by atoms with van der Waals surface area (Å²) >= 11 is 0. The molecule has 1 aliphatic heterocycles. The van der Waals surface area contributed by atoms with Crippen LogP contribution in [0.1, 0.15) is 18.4 Å². The van der Waals surface area contributed by atoms with Gasteiger partial charge in [-0.25, -0.2) is 13.4 Å². The van der Waals surface area contributed by atoms with E-state index in [2.05, 4.69) is 4.98 Å². The van der Waals surface area contributed by atoms with Crippen LogP contribution in [0.3, 0.4) is 0 Å². The van der Waals surface area contributed by atoms with E-state index >= 15 is 0 Å². The Bertz CT molecular complexity index is 600. The summed E-state index contributed by atoms with van der Waals surface area (Å²) in [6.45, 7) is 1.33. The minimum atomic E-state index is -3.70. The predicted molar refractivity (Wildman–Crippen MR) is 76.7 cm³/mol. The maximum absolute atomic E-state index is 12.5. The van der Waals surface area contributed by atoms with Gasteiger partial charge >= 0.3 is 0 Å². The quantitative estimate of drug-likeness (QED) is 0.886. The van der Waals surface area contributed by atoms with Crippen LogP contribution in [0.15, 0.2) is 23.4 Å². The molecule has 1 aromatic heterocycles. The van der Waals surface area contributed by atoms with E-state index < -0.39 is 10.0 Å². The van der Waals surface area contributed by atoms with Gasteiger partial charge in [0, 0.05) is 19.3 Å². The molecule has 2 heterocycles. The summed E-state index contributed by atoms with van der Waals surface area (Å²) in [5.41, 5.74) is 5.69. The Morgan fingerprint density at radius 1 is 1.55 bits per heavy atom. The fraction of sp³-hybridized carbons (Fsp3) is 0.500. The van der Waals surface area contributed by atoms with E-state index in [-0.39, 0.29) is 28.9 Å². The fourth-order valence-electron chi connectivity index (χ4n) is 2.24. The van der Waals surface area contributed by atoms with Crippen LogP contribution in [0.4, 0.5) is 0 Å². The number of piperidine rings is 1. The Labute approximate surface area is 125 Å². The standard InChI is InChI=1S/C12H16N4O2S.ClH/c13-7-10-3-2-6-16(9-10)19(17,18)12-11(8-14)4-1-5-15-12;/h1,4-5,10H,2-3,6-7,9,13H2;1H. The number of hydrogen-bond acceptors (Lipinski definition) is 5. The molecule has 0 bridgehead atoms. The highest BCUT2D eigenvalue weighted by Gasteiger charge is 2.32. The third kappa shape index (κ3) is 3.27. The van der Waals surface area contributed by atoms with Crippen molar-refractivity contribution in [2.75, 3.05) is 19.6 Å². The second-order valence-corrected chi connectivity index (χ2v) is 6.43. The van der Waals surface area contributed by atoms with Crippen LogP contribution >= 0.6 is 12.4 Å². The Morgan fingerprint density at radius 3 is 2.95 bits per heavy atom. The van der Waals surface area contributed by atoms with E-state index in [0.29, 0.717) is 19.6 Å². The highest BCUT2D eigenvalue weighted by atomic mass is 35.5. The molecule has 110 valence electrons. The molecule has 0 aliphatic carbocycles. The summed E-state index contributed by atoms with van der Waals surface area (Å²) in [5.74, 6) is 0.178. The maximum atomic E-state index is 12.5. The number of sulfonamides is 1. The van der Waals surface area contributed by atoms with Gasteiger partial charge in [0.05, 0.1) is 5.56 Å². The highest BCUT2D eigenvalue weighted by Crippen LogP contribution is 2.23. The average Bonchev–Trinajstić information content (AvgIpc) is 2.47. The van der Waals surface area contributed by atoms with Crippen molar-refractivity contribution in [3.63, 3.8) is 0 Å². The van der Waals surface area contributed by atoms with Crippen molar-refractivity contribution in [2.45, 2.75) is 17.9 Å². The van der Waals surface area contributed by atoms with Crippen molar-refractivity contribution in [1.82, 2.24) is 9.29 Å². The molecule has 20 heavy (non-hydrogen) atoms. The lowest BCUT2D eigenvalue weighted by atomic mass is 10.0. The zero-order valence-corrected chi connectivity index (χ0v) is 12.5. The Balaban J connectivity index is 0.00000200. The van der Waals surface area contributed by atoms with E-state index in [9.17, 15) is 8.42 Å². The van der Waals surface area contributed by atoms with Gasteiger partial charge in [-0.05, 0) is 37.4 Å². The number of pyridine rings is 1. The van der Waals surface area contributed by atoms with Crippen LogP contribution in [-0.2, 0) is 10.0 Å². The van der Waals surface area contributed by atoms with Crippen LogP contribution in [0, 0.1) is 17.2 Å². The Morgan fingerprint density at radius 2 is 2.30 bits per heavy atom. The van der Waals surface area contributed by atoms with E-state index in [1.165, 1.54) is 16.6 Å². The number of nitriles is 1. The normalized spacial score (nSPS) is 19.9. The molecule has 0 aromatic carbocycles. The van der Waals surface area contributed by atoms with Gasteiger partial charge in [-0.2, -0.15) is 9.57 Å². The lowest BCUT2D eigenvalue weighted by Gasteiger charge is -2.30. The third-order valence-electron chi connectivity index (χ3n) is 3.29. The molecule has 1 saturated heterocycles. The predicted octanol–water partition coefficient (Wildman–Crippen LogP) is 0.734. The minimum absolute atomic E-state index is 0. The molecule has 6 nitrogen and oxygen atoms in total. The van der Waals surface area contributed by atoms with Gasteiger partial charge in [0.15, 0.2) is 5.03 Å². The molecule has 0 radical (unpaired) electrons. The zero-order valence-electron chi connectivity index (χ0n) is 10.9. The molecule has 8 heteroatoms. The van der Waals surface area contributed by atoms with Gasteiger partial charge in [-0.1, -0.05) is 0 Å². The topological polar surface area (TPSA) is 100 Å². The number of nitrogens with zero attached hydrogens (tertiary/aromatic N) is 3. The summed E-state index contributed by atoms with van der Waals surface area (Å²) in [5, 5.41) is 8.83. The van der Waals surface area contributed by atoms with Gasteiger partial charge < -0.3 is 5.73 Å². The van der Waals surface area contributed by atoms with E-state index in [4.69, 9.17) is 11.0 Å². The summed E-state index contributed by atoms with van der Waals surface area (Å²) in [6.07, 6.45) is 3.11. The Kier molecular flexibility index (Phi) is 5.89. The van der Waals surface area contributed by atoms with Gasteiger partial charge in [0.1, 0.15) is 6.07 Å². The number of hydrogen-bond donors (Lipinski definition) is 1. The van der Waals surface area contributed by atoms with E-state index in [0.717, 1.165) is 12.8 Å². The fourth-order valence-corrected chi connectivity index (χ4v) is 3.85. The monoisotopic (exact) mass is 316 g/mol. The first-order valence-electron chi connectivity index (χ1n) is 6.15. The largest absolute Gasteiger partial charge is 0.330 e. The highest BCUT2D eigenvalue weighted by molar-refractivity contribution is 7.89. The molecule has 0 amide bonds. The third-order valence-corrected chi connectivity index (χ3v) is 5.12. The summed E-state index contributed by atoms with van der Waals surface area (Å²) in [6, 6.07) is 4.89. The van der Waals surface area contributed by atoms with Crippen LogP contribution in [0.25, 0.3) is 0 Å². The van der Waals surface area contributed by atoms with E-state index in [1.807, 2.05) is 6.07 Å². The van der Waals surface area contributed by atoms with Crippen molar-refractivity contribution in [3.8, 4) is 6.07 Å². The SMILES string of the molecule is Cl.N#Cc1cccnc1S(=O)(=O)N1CCCC(CN)C1. The van der Waals surface area contributed by atoms with E-state index in [1.54, 1.807) is 6.07 Å². The van der Waals surface area contributed by atoms with Crippen molar-refractivity contribution in [3.05, 3.63) is 23.9 Å². The number of nitrogens with two attached hydrogens (primary N) is 1. The second-order valence-electron chi connectivity index (χ2n) is 4.57. The summed E-state index contributed by atoms with van der Waals surface area (Å²) in [4.78, 5) is 3.86. The molecule has 0 saturated carbocycles. The van der Waals surface area contributed by atoms with Gasteiger partial charge in [-0.15, -0.1) is 12.4 Å². The first kappa shape index (κ1) is 16.9. The molecule has 2 rings (SSSR count). The molecule has 1 unspecified atom stereocenters. The minimum Gasteiger partial charge on any atom is -0.330 e. The zero-order chi connectivity index (χ0) is 13.9. The summed E-state index contributed by atoms with van der Waals surface area (Å²) in [7, 11) is -3.70. The van der Waals surface area contributed by atoms with Gasteiger partial charge in [0.25, 0.3) is 10.0 Å². The second kappa shape index (κ2) is 6.99.